The summed E-state index contributed by atoms with van der Waals surface area (Å²) < 4.78 is 1.08. The first-order valence-electron chi connectivity index (χ1n) is 5.69. The Kier molecular flexibility index (Phi) is 6.39. The van der Waals surface area contributed by atoms with Gasteiger partial charge >= 0.3 is 0 Å². The van der Waals surface area contributed by atoms with Gasteiger partial charge in [0.1, 0.15) is 5.03 Å². The molecule has 1 aromatic heterocycles. The molecule has 0 aliphatic rings. The van der Waals surface area contributed by atoms with Gasteiger partial charge in [-0.1, -0.05) is 20.8 Å². The van der Waals surface area contributed by atoms with E-state index in [9.17, 15) is 0 Å². The molecular formula is C12H19BrN2S. The van der Waals surface area contributed by atoms with Crippen molar-refractivity contribution < 1.29 is 0 Å². The van der Waals surface area contributed by atoms with Gasteiger partial charge in [-0.2, -0.15) is 0 Å². The molecule has 0 saturated heterocycles. The monoisotopic (exact) mass is 302 g/mol. The first-order chi connectivity index (χ1) is 7.69. The molecule has 0 radical (unpaired) electrons. The topological polar surface area (TPSA) is 24.9 Å². The van der Waals surface area contributed by atoms with Gasteiger partial charge in [0, 0.05) is 22.0 Å². The molecule has 1 aromatic rings. The molecule has 0 saturated carbocycles. The second kappa shape index (κ2) is 7.30. The van der Waals surface area contributed by atoms with E-state index in [1.54, 1.807) is 0 Å². The van der Waals surface area contributed by atoms with E-state index < -0.39 is 0 Å². The summed E-state index contributed by atoms with van der Waals surface area (Å²) in [5, 5.41) is 5.11. The molecule has 16 heavy (non-hydrogen) atoms. The number of thioether (sulfide) groups is 1. The van der Waals surface area contributed by atoms with Gasteiger partial charge in [0.05, 0.1) is 0 Å². The van der Waals surface area contributed by atoms with Crippen LogP contribution < -0.4 is 5.32 Å². The van der Waals surface area contributed by atoms with Crippen molar-refractivity contribution in [3.63, 3.8) is 0 Å². The number of nitrogens with one attached hydrogen (secondary N) is 1. The van der Waals surface area contributed by atoms with E-state index in [0.29, 0.717) is 11.3 Å². The number of rotatable bonds is 6. The molecule has 1 N–H and O–H groups in total. The van der Waals surface area contributed by atoms with Gasteiger partial charge in [0.25, 0.3) is 0 Å². The first kappa shape index (κ1) is 14.0. The Hall–Kier alpha value is -0.0600. The van der Waals surface area contributed by atoms with Crippen molar-refractivity contribution in [2.75, 3.05) is 6.54 Å². The van der Waals surface area contributed by atoms with Crippen LogP contribution in [0.15, 0.2) is 27.8 Å². The van der Waals surface area contributed by atoms with Gasteiger partial charge in [-0.15, -0.1) is 11.8 Å². The number of hydrogen-bond acceptors (Lipinski definition) is 3. The lowest BCUT2D eigenvalue weighted by Gasteiger charge is -2.22. The number of nitrogens with zero attached hydrogens (tertiary/aromatic N) is 1. The fourth-order valence-corrected chi connectivity index (χ4v) is 3.26. The van der Waals surface area contributed by atoms with Gasteiger partial charge in [-0.3, -0.25) is 0 Å². The lowest BCUT2D eigenvalue weighted by molar-refractivity contribution is 0.509. The number of pyridine rings is 1. The summed E-state index contributed by atoms with van der Waals surface area (Å²) >= 11 is 5.35. The molecule has 2 unspecified atom stereocenters. The van der Waals surface area contributed by atoms with Crippen LogP contribution in [0.25, 0.3) is 0 Å². The van der Waals surface area contributed by atoms with Gasteiger partial charge in [-0.25, -0.2) is 4.98 Å². The van der Waals surface area contributed by atoms with Crippen LogP contribution in [0, 0.1) is 0 Å². The van der Waals surface area contributed by atoms with Crippen LogP contribution >= 0.6 is 27.7 Å². The maximum absolute atomic E-state index is 4.38. The Morgan fingerprint density at radius 2 is 2.25 bits per heavy atom. The van der Waals surface area contributed by atoms with E-state index in [0.717, 1.165) is 22.5 Å². The Morgan fingerprint density at radius 1 is 1.50 bits per heavy atom. The minimum Gasteiger partial charge on any atom is -0.313 e. The third-order valence-electron chi connectivity index (χ3n) is 2.50. The predicted molar refractivity (Wildman–Crippen MR) is 75.0 cm³/mol. The molecule has 0 bridgehead atoms. The maximum atomic E-state index is 4.38. The van der Waals surface area contributed by atoms with Gasteiger partial charge in [-0.05, 0) is 41.0 Å². The van der Waals surface area contributed by atoms with Gasteiger partial charge in [0.15, 0.2) is 0 Å². The summed E-state index contributed by atoms with van der Waals surface area (Å²) in [7, 11) is 0. The summed E-state index contributed by atoms with van der Waals surface area (Å²) in [4.78, 5) is 4.38. The minimum atomic E-state index is 0.524. The average Bonchev–Trinajstić information content (AvgIpc) is 2.29. The van der Waals surface area contributed by atoms with Crippen LogP contribution in [0.4, 0.5) is 0 Å². The Labute approximate surface area is 111 Å². The summed E-state index contributed by atoms with van der Waals surface area (Å²) in [6.45, 7) is 7.64. The molecule has 1 heterocycles. The highest BCUT2D eigenvalue weighted by Gasteiger charge is 2.16. The Balaban J connectivity index is 2.62. The highest BCUT2D eigenvalue weighted by Crippen LogP contribution is 2.30. The molecule has 0 aliphatic heterocycles. The lowest BCUT2D eigenvalue weighted by atomic mass is 10.2. The predicted octanol–water partition coefficient (Wildman–Crippen LogP) is 3.71. The zero-order valence-corrected chi connectivity index (χ0v) is 12.4. The molecular weight excluding hydrogens is 284 g/mol. The number of hydrogen-bond donors (Lipinski definition) is 1. The van der Waals surface area contributed by atoms with E-state index >= 15 is 0 Å². The van der Waals surface area contributed by atoms with E-state index in [-0.39, 0.29) is 0 Å². The smallest absolute Gasteiger partial charge is 0.110 e. The molecule has 0 fully saturated rings. The SMILES string of the molecule is CCNC(CC)C(C)Sc1ncccc1Br. The molecule has 0 amide bonds. The van der Waals surface area contributed by atoms with Crippen LogP contribution in [0.5, 0.6) is 0 Å². The minimum absolute atomic E-state index is 0.524. The fraction of sp³-hybridized carbons (Fsp3) is 0.583. The third-order valence-corrected chi connectivity index (χ3v) is 4.65. The maximum Gasteiger partial charge on any atom is 0.110 e. The Bertz CT molecular complexity index is 320. The van der Waals surface area contributed by atoms with Crippen LogP contribution in [-0.2, 0) is 0 Å². The molecule has 4 heteroatoms. The summed E-state index contributed by atoms with van der Waals surface area (Å²) in [6, 6.07) is 4.53. The van der Waals surface area contributed by atoms with Crippen molar-refractivity contribution in [3.05, 3.63) is 22.8 Å². The zero-order chi connectivity index (χ0) is 12.0. The quantitative estimate of drug-likeness (QED) is 0.811. The van der Waals surface area contributed by atoms with Crippen LogP contribution in [0.1, 0.15) is 27.2 Å². The average molecular weight is 303 g/mol. The summed E-state index contributed by atoms with van der Waals surface area (Å²) in [6.07, 6.45) is 2.99. The van der Waals surface area contributed by atoms with Crippen molar-refractivity contribution in [2.24, 2.45) is 0 Å². The van der Waals surface area contributed by atoms with Gasteiger partial charge in [0.2, 0.25) is 0 Å². The standard InChI is InChI=1S/C12H19BrN2S/c1-4-11(14-5-2)9(3)16-12-10(13)7-6-8-15-12/h6-9,11,14H,4-5H2,1-3H3. The molecule has 1 rings (SSSR count). The van der Waals surface area contributed by atoms with Gasteiger partial charge < -0.3 is 5.32 Å². The summed E-state index contributed by atoms with van der Waals surface area (Å²) in [5.74, 6) is 0. The molecule has 2 nitrogen and oxygen atoms in total. The number of aromatic nitrogens is 1. The summed E-state index contributed by atoms with van der Waals surface area (Å²) in [5.41, 5.74) is 0. The molecule has 90 valence electrons. The number of halogens is 1. The Morgan fingerprint density at radius 3 is 2.81 bits per heavy atom. The fourth-order valence-electron chi connectivity index (χ4n) is 1.62. The highest BCUT2D eigenvalue weighted by molar-refractivity contribution is 9.10. The van der Waals surface area contributed by atoms with Crippen molar-refractivity contribution >= 4 is 27.7 Å². The van der Waals surface area contributed by atoms with Crippen molar-refractivity contribution in [2.45, 2.75) is 43.5 Å². The van der Waals surface area contributed by atoms with Crippen molar-refractivity contribution in [1.29, 1.82) is 0 Å². The highest BCUT2D eigenvalue weighted by atomic mass is 79.9. The lowest BCUT2D eigenvalue weighted by Crippen LogP contribution is -2.35. The largest absolute Gasteiger partial charge is 0.313 e. The van der Waals surface area contributed by atoms with Crippen molar-refractivity contribution in [1.82, 2.24) is 10.3 Å². The molecule has 0 spiro atoms. The molecule has 0 aromatic carbocycles. The second-order valence-electron chi connectivity index (χ2n) is 3.69. The van der Waals surface area contributed by atoms with Crippen LogP contribution in [0.3, 0.4) is 0 Å². The van der Waals surface area contributed by atoms with Crippen LogP contribution in [-0.4, -0.2) is 22.8 Å². The third kappa shape index (κ3) is 4.07. The molecule has 0 aliphatic carbocycles. The van der Waals surface area contributed by atoms with E-state index in [2.05, 4.69) is 47.0 Å². The molecule has 2 atom stereocenters. The van der Waals surface area contributed by atoms with Crippen molar-refractivity contribution in [3.8, 4) is 0 Å². The van der Waals surface area contributed by atoms with E-state index in [1.165, 1.54) is 0 Å². The van der Waals surface area contributed by atoms with E-state index in [4.69, 9.17) is 0 Å². The first-order valence-corrected chi connectivity index (χ1v) is 7.36. The van der Waals surface area contributed by atoms with E-state index in [1.807, 2.05) is 30.1 Å². The normalized spacial score (nSPS) is 14.8. The van der Waals surface area contributed by atoms with Crippen LogP contribution in [0.2, 0.25) is 0 Å². The second-order valence-corrected chi connectivity index (χ2v) is 5.91. The zero-order valence-electron chi connectivity index (χ0n) is 10.0.